The van der Waals surface area contributed by atoms with Gasteiger partial charge in [-0.15, -0.1) is 0 Å². The summed E-state index contributed by atoms with van der Waals surface area (Å²) in [6.45, 7) is 1.27. The summed E-state index contributed by atoms with van der Waals surface area (Å²) >= 11 is 0. The van der Waals surface area contributed by atoms with E-state index in [-0.39, 0.29) is 17.9 Å². The van der Waals surface area contributed by atoms with Crippen LogP contribution in [0.15, 0.2) is 36.4 Å². The van der Waals surface area contributed by atoms with Crippen molar-refractivity contribution in [3.05, 3.63) is 64.5 Å². The average molecular weight is 369 g/mol. The van der Waals surface area contributed by atoms with Crippen LogP contribution < -0.4 is 15.8 Å². The van der Waals surface area contributed by atoms with Crippen LogP contribution in [0.25, 0.3) is 0 Å². The summed E-state index contributed by atoms with van der Waals surface area (Å²) in [5.41, 5.74) is 8.55. The van der Waals surface area contributed by atoms with Crippen LogP contribution in [-0.4, -0.2) is 36.0 Å². The summed E-state index contributed by atoms with van der Waals surface area (Å²) in [5.74, 6) is -0.106. The van der Waals surface area contributed by atoms with Gasteiger partial charge in [0.25, 0.3) is 0 Å². The number of carbonyl (C=O) groups is 2. The molecule has 0 bridgehead atoms. The SMILES string of the molecule is NC(=O)c1cccc2c1CCN(C(=O)NC1COc3ccc(F)cc3C1)C2. The summed E-state index contributed by atoms with van der Waals surface area (Å²) in [7, 11) is 0. The Morgan fingerprint density at radius 2 is 2.07 bits per heavy atom. The molecule has 3 N–H and O–H groups in total. The largest absolute Gasteiger partial charge is 0.491 e. The molecule has 0 fully saturated rings. The molecule has 2 aliphatic rings. The Labute approximate surface area is 156 Å². The quantitative estimate of drug-likeness (QED) is 0.849. The van der Waals surface area contributed by atoms with Crippen molar-refractivity contribution in [2.75, 3.05) is 13.2 Å². The van der Waals surface area contributed by atoms with Crippen LogP contribution in [0.3, 0.4) is 0 Å². The number of fused-ring (bicyclic) bond motifs is 2. The van der Waals surface area contributed by atoms with Crippen molar-refractivity contribution in [1.29, 1.82) is 0 Å². The standard InChI is InChI=1S/C20H20FN3O3/c21-14-4-5-18-13(8-14)9-15(11-27-18)23-20(26)24-7-6-16-12(10-24)2-1-3-17(16)19(22)25/h1-5,8,15H,6-7,9-11H2,(H2,22,25)(H,23,26). The van der Waals surface area contributed by atoms with E-state index in [4.69, 9.17) is 10.5 Å². The fourth-order valence-electron chi connectivity index (χ4n) is 3.74. The van der Waals surface area contributed by atoms with Gasteiger partial charge in [0.15, 0.2) is 0 Å². The van der Waals surface area contributed by atoms with Gasteiger partial charge in [-0.05, 0) is 53.8 Å². The van der Waals surface area contributed by atoms with Gasteiger partial charge in [-0.25, -0.2) is 9.18 Å². The first-order valence-electron chi connectivity index (χ1n) is 8.88. The van der Waals surface area contributed by atoms with E-state index in [9.17, 15) is 14.0 Å². The molecule has 0 radical (unpaired) electrons. The van der Waals surface area contributed by atoms with Gasteiger partial charge in [-0.2, -0.15) is 0 Å². The number of primary amides is 1. The maximum atomic E-state index is 13.4. The number of hydrogen-bond acceptors (Lipinski definition) is 3. The summed E-state index contributed by atoms with van der Waals surface area (Å²) in [4.78, 5) is 25.9. The molecule has 1 unspecified atom stereocenters. The lowest BCUT2D eigenvalue weighted by Crippen LogP contribution is -2.50. The number of nitrogens with zero attached hydrogens (tertiary/aromatic N) is 1. The Balaban J connectivity index is 1.43. The Hall–Kier alpha value is -3.09. The second-order valence-corrected chi connectivity index (χ2v) is 6.89. The first kappa shape index (κ1) is 17.3. The van der Waals surface area contributed by atoms with Crippen LogP contribution in [0.5, 0.6) is 5.75 Å². The van der Waals surface area contributed by atoms with E-state index in [1.807, 2.05) is 6.07 Å². The maximum absolute atomic E-state index is 13.4. The first-order chi connectivity index (χ1) is 13.0. The number of benzene rings is 2. The molecule has 7 heteroatoms. The normalized spacial score (nSPS) is 18.1. The van der Waals surface area contributed by atoms with E-state index in [1.165, 1.54) is 12.1 Å². The minimum atomic E-state index is -0.449. The number of nitrogens with one attached hydrogen (secondary N) is 1. The summed E-state index contributed by atoms with van der Waals surface area (Å²) in [5, 5.41) is 2.97. The van der Waals surface area contributed by atoms with Crippen LogP contribution in [0, 0.1) is 5.82 Å². The predicted octanol–water partition coefficient (Wildman–Crippen LogP) is 2.00. The zero-order valence-electron chi connectivity index (χ0n) is 14.7. The van der Waals surface area contributed by atoms with Gasteiger partial charge in [0, 0.05) is 18.7 Å². The van der Waals surface area contributed by atoms with E-state index in [0.717, 1.165) is 16.7 Å². The van der Waals surface area contributed by atoms with Gasteiger partial charge in [-0.1, -0.05) is 12.1 Å². The molecule has 6 nitrogen and oxygen atoms in total. The number of amides is 3. The molecule has 4 rings (SSSR count). The Morgan fingerprint density at radius 3 is 2.89 bits per heavy atom. The van der Waals surface area contributed by atoms with Crippen molar-refractivity contribution >= 4 is 11.9 Å². The number of rotatable bonds is 2. The van der Waals surface area contributed by atoms with Crippen LogP contribution >= 0.6 is 0 Å². The Morgan fingerprint density at radius 1 is 1.22 bits per heavy atom. The molecule has 2 aromatic carbocycles. The van der Waals surface area contributed by atoms with Crippen molar-refractivity contribution in [2.45, 2.75) is 25.4 Å². The van der Waals surface area contributed by atoms with E-state index < -0.39 is 5.91 Å². The lowest BCUT2D eigenvalue weighted by Gasteiger charge is -2.32. The minimum Gasteiger partial charge on any atom is -0.491 e. The van der Waals surface area contributed by atoms with Gasteiger partial charge in [-0.3, -0.25) is 4.79 Å². The van der Waals surface area contributed by atoms with Gasteiger partial charge in [0.1, 0.15) is 18.2 Å². The monoisotopic (exact) mass is 369 g/mol. The first-order valence-corrected chi connectivity index (χ1v) is 8.88. The summed E-state index contributed by atoms with van der Waals surface area (Å²) in [6.07, 6.45) is 1.10. The number of urea groups is 1. The molecular weight excluding hydrogens is 349 g/mol. The van der Waals surface area contributed by atoms with Gasteiger partial charge in [0.05, 0.1) is 6.04 Å². The zero-order chi connectivity index (χ0) is 19.0. The molecule has 140 valence electrons. The molecule has 0 aliphatic carbocycles. The highest BCUT2D eigenvalue weighted by molar-refractivity contribution is 5.94. The highest BCUT2D eigenvalue weighted by Crippen LogP contribution is 2.26. The average Bonchev–Trinajstić information content (AvgIpc) is 2.66. The molecule has 3 amide bonds. The van der Waals surface area contributed by atoms with Gasteiger partial charge < -0.3 is 20.7 Å². The number of hydrogen-bond donors (Lipinski definition) is 2. The molecule has 0 aromatic heterocycles. The van der Waals surface area contributed by atoms with Crippen molar-refractivity contribution in [3.8, 4) is 5.75 Å². The summed E-state index contributed by atoms with van der Waals surface area (Å²) in [6, 6.07) is 9.40. The lowest BCUT2D eigenvalue weighted by molar-refractivity contribution is 0.0998. The third kappa shape index (κ3) is 3.45. The van der Waals surface area contributed by atoms with Crippen LogP contribution in [0.2, 0.25) is 0 Å². The highest BCUT2D eigenvalue weighted by atomic mass is 19.1. The number of halogens is 1. The number of ether oxygens (including phenoxy) is 1. The Bertz CT molecular complexity index is 915. The smallest absolute Gasteiger partial charge is 0.318 e. The molecule has 1 atom stereocenters. The van der Waals surface area contributed by atoms with Crippen molar-refractivity contribution in [2.24, 2.45) is 5.73 Å². The third-order valence-electron chi connectivity index (χ3n) is 5.08. The minimum absolute atomic E-state index is 0.196. The molecular formula is C20H20FN3O3. The van der Waals surface area contributed by atoms with E-state index in [0.29, 0.717) is 43.9 Å². The molecule has 2 aliphatic heterocycles. The second-order valence-electron chi connectivity index (χ2n) is 6.89. The van der Waals surface area contributed by atoms with E-state index in [1.54, 1.807) is 23.1 Å². The number of carbonyl (C=O) groups excluding carboxylic acids is 2. The highest BCUT2D eigenvalue weighted by Gasteiger charge is 2.27. The van der Waals surface area contributed by atoms with Crippen LogP contribution in [-0.2, 0) is 19.4 Å². The van der Waals surface area contributed by atoms with E-state index in [2.05, 4.69) is 5.32 Å². The fourth-order valence-corrected chi connectivity index (χ4v) is 3.74. The van der Waals surface area contributed by atoms with Crippen molar-refractivity contribution in [3.63, 3.8) is 0 Å². The fraction of sp³-hybridized carbons (Fsp3) is 0.300. The van der Waals surface area contributed by atoms with Gasteiger partial charge in [0.2, 0.25) is 5.91 Å². The second kappa shape index (κ2) is 6.90. The predicted molar refractivity (Wildman–Crippen MR) is 97.0 cm³/mol. The Kier molecular flexibility index (Phi) is 4.43. The van der Waals surface area contributed by atoms with Crippen LogP contribution in [0.4, 0.5) is 9.18 Å². The molecule has 0 saturated carbocycles. The summed E-state index contributed by atoms with van der Waals surface area (Å²) < 4.78 is 19.0. The lowest BCUT2D eigenvalue weighted by atomic mass is 9.94. The zero-order valence-corrected chi connectivity index (χ0v) is 14.7. The van der Waals surface area contributed by atoms with Crippen molar-refractivity contribution in [1.82, 2.24) is 10.2 Å². The molecule has 2 heterocycles. The molecule has 27 heavy (non-hydrogen) atoms. The van der Waals surface area contributed by atoms with E-state index >= 15 is 0 Å². The maximum Gasteiger partial charge on any atom is 0.318 e. The third-order valence-corrected chi connectivity index (χ3v) is 5.08. The van der Waals surface area contributed by atoms with Crippen LogP contribution in [0.1, 0.15) is 27.0 Å². The topological polar surface area (TPSA) is 84.7 Å². The van der Waals surface area contributed by atoms with Gasteiger partial charge >= 0.3 is 6.03 Å². The van der Waals surface area contributed by atoms with Crippen molar-refractivity contribution < 1.29 is 18.7 Å². The molecule has 0 spiro atoms. The molecule has 0 saturated heterocycles. The molecule has 2 aromatic rings. The number of nitrogens with two attached hydrogens (primary N) is 1.